The second-order valence-electron chi connectivity index (χ2n) is 4.94. The minimum atomic E-state index is -0.506. The summed E-state index contributed by atoms with van der Waals surface area (Å²) >= 11 is 0. The average molecular weight is 261 g/mol. The van der Waals surface area contributed by atoms with Gasteiger partial charge in [0.25, 0.3) is 0 Å². The third kappa shape index (κ3) is 2.80. The number of hydrogen-bond acceptors (Lipinski definition) is 6. The molecule has 2 heterocycles. The molecular weight excluding hydrogens is 246 g/mol. The zero-order valence-corrected chi connectivity index (χ0v) is 10.6. The molecule has 0 spiro atoms. The molecular formula is C12H15N5O2. The van der Waals surface area contributed by atoms with Gasteiger partial charge in [0, 0.05) is 31.4 Å². The van der Waals surface area contributed by atoms with E-state index in [0.717, 1.165) is 6.42 Å². The van der Waals surface area contributed by atoms with Gasteiger partial charge in [-0.05, 0) is 12.3 Å². The van der Waals surface area contributed by atoms with E-state index in [1.807, 2.05) is 11.0 Å². The third-order valence-corrected chi connectivity index (χ3v) is 3.16. The Labute approximate surface area is 110 Å². The summed E-state index contributed by atoms with van der Waals surface area (Å²) in [4.78, 5) is 16.5. The van der Waals surface area contributed by atoms with Crippen molar-refractivity contribution >= 4 is 11.5 Å². The lowest BCUT2D eigenvalue weighted by atomic mass is 9.96. The third-order valence-electron chi connectivity index (χ3n) is 3.16. The summed E-state index contributed by atoms with van der Waals surface area (Å²) in [6, 6.07) is 3.10. The predicted octanol–water partition coefficient (Wildman–Crippen LogP) is 1.03. The van der Waals surface area contributed by atoms with Gasteiger partial charge in [0.15, 0.2) is 0 Å². The highest BCUT2D eigenvalue weighted by atomic mass is 16.6. The molecule has 7 heteroatoms. The van der Waals surface area contributed by atoms with Crippen molar-refractivity contribution in [2.45, 2.75) is 19.4 Å². The first-order valence-electron chi connectivity index (χ1n) is 6.06. The Hall–Kier alpha value is -2.20. The van der Waals surface area contributed by atoms with Crippen molar-refractivity contribution in [2.24, 2.45) is 11.7 Å². The van der Waals surface area contributed by atoms with Crippen LogP contribution in [0.3, 0.4) is 0 Å². The topological polar surface area (TPSA) is 109 Å². The van der Waals surface area contributed by atoms with Gasteiger partial charge in [0.1, 0.15) is 6.07 Å². The largest absolute Gasteiger partial charge is 0.349 e. The molecule has 0 radical (unpaired) electrons. The van der Waals surface area contributed by atoms with Crippen LogP contribution in [0.2, 0.25) is 0 Å². The number of hydrogen-bond donors (Lipinski definition) is 1. The average Bonchev–Trinajstić information content (AvgIpc) is 2.36. The molecule has 1 aliphatic heterocycles. The van der Waals surface area contributed by atoms with Gasteiger partial charge < -0.3 is 10.6 Å². The smallest absolute Gasteiger partial charge is 0.312 e. The fourth-order valence-electron chi connectivity index (χ4n) is 2.46. The van der Waals surface area contributed by atoms with Crippen molar-refractivity contribution in [3.05, 3.63) is 27.9 Å². The summed E-state index contributed by atoms with van der Waals surface area (Å²) in [5.74, 6) is 0.659. The Bertz CT molecular complexity index is 529. The molecule has 0 aromatic carbocycles. The van der Waals surface area contributed by atoms with E-state index in [4.69, 9.17) is 11.0 Å². The van der Waals surface area contributed by atoms with Gasteiger partial charge in [0.05, 0.1) is 10.5 Å². The Kier molecular flexibility index (Phi) is 3.62. The molecule has 0 saturated carbocycles. The van der Waals surface area contributed by atoms with Crippen LogP contribution in [0, 0.1) is 27.4 Å². The van der Waals surface area contributed by atoms with Crippen molar-refractivity contribution in [3.63, 3.8) is 0 Å². The van der Waals surface area contributed by atoms with Gasteiger partial charge in [-0.2, -0.15) is 5.26 Å². The molecule has 2 unspecified atom stereocenters. The number of aromatic nitrogens is 1. The molecule has 1 saturated heterocycles. The maximum Gasteiger partial charge on any atom is 0.312 e. The van der Waals surface area contributed by atoms with Gasteiger partial charge in [-0.15, -0.1) is 0 Å². The molecule has 2 N–H and O–H groups in total. The summed E-state index contributed by atoms with van der Waals surface area (Å²) < 4.78 is 0. The van der Waals surface area contributed by atoms with E-state index in [0.29, 0.717) is 24.8 Å². The number of nitro groups is 1. The zero-order valence-electron chi connectivity index (χ0n) is 10.6. The van der Waals surface area contributed by atoms with Crippen LogP contribution in [0.15, 0.2) is 12.3 Å². The SMILES string of the molecule is CC1CC(N)CN(c2ncc(C#N)cc2[N+](=O)[O-])C1. The maximum atomic E-state index is 11.1. The minimum Gasteiger partial charge on any atom is -0.349 e. The predicted molar refractivity (Wildman–Crippen MR) is 69.6 cm³/mol. The number of nitrogens with zero attached hydrogens (tertiary/aromatic N) is 4. The van der Waals surface area contributed by atoms with Gasteiger partial charge >= 0.3 is 5.69 Å². The number of rotatable bonds is 2. The fraction of sp³-hybridized carbons (Fsp3) is 0.500. The van der Waals surface area contributed by atoms with E-state index in [2.05, 4.69) is 11.9 Å². The summed E-state index contributed by atoms with van der Waals surface area (Å²) in [5.41, 5.74) is 5.99. The Balaban J connectivity index is 2.38. The number of nitriles is 1. The lowest BCUT2D eigenvalue weighted by molar-refractivity contribution is -0.384. The first-order valence-corrected chi connectivity index (χ1v) is 6.06. The molecule has 0 amide bonds. The summed E-state index contributed by atoms with van der Waals surface area (Å²) in [7, 11) is 0. The van der Waals surface area contributed by atoms with Crippen molar-refractivity contribution in [1.82, 2.24) is 4.98 Å². The zero-order chi connectivity index (χ0) is 14.0. The second kappa shape index (κ2) is 5.20. The molecule has 7 nitrogen and oxygen atoms in total. The Morgan fingerprint density at radius 2 is 2.37 bits per heavy atom. The van der Waals surface area contributed by atoms with E-state index >= 15 is 0 Å². The van der Waals surface area contributed by atoms with Crippen molar-refractivity contribution < 1.29 is 4.92 Å². The van der Waals surface area contributed by atoms with E-state index in [9.17, 15) is 10.1 Å². The van der Waals surface area contributed by atoms with Crippen LogP contribution < -0.4 is 10.6 Å². The van der Waals surface area contributed by atoms with Gasteiger partial charge in [-0.1, -0.05) is 6.92 Å². The van der Waals surface area contributed by atoms with Crippen LogP contribution >= 0.6 is 0 Å². The fourth-order valence-corrected chi connectivity index (χ4v) is 2.46. The number of anilines is 1. The van der Waals surface area contributed by atoms with Crippen molar-refractivity contribution in [2.75, 3.05) is 18.0 Å². The molecule has 0 aliphatic carbocycles. The van der Waals surface area contributed by atoms with Gasteiger partial charge in [0.2, 0.25) is 5.82 Å². The van der Waals surface area contributed by atoms with E-state index in [1.165, 1.54) is 12.3 Å². The normalized spacial score (nSPS) is 22.9. The standard InChI is InChI=1S/C12H15N5O2/c1-8-2-10(14)7-16(6-8)12-11(17(18)19)3-9(4-13)5-15-12/h3,5,8,10H,2,6-7,14H2,1H3. The number of nitrogens with two attached hydrogens (primary N) is 1. The molecule has 2 rings (SSSR count). The molecule has 0 bridgehead atoms. The van der Waals surface area contributed by atoms with Crippen LogP contribution in [-0.2, 0) is 0 Å². The lowest BCUT2D eigenvalue weighted by Crippen LogP contribution is -2.46. The summed E-state index contributed by atoms with van der Waals surface area (Å²) in [6.45, 7) is 3.29. The Morgan fingerprint density at radius 1 is 1.63 bits per heavy atom. The summed E-state index contributed by atoms with van der Waals surface area (Å²) in [5, 5.41) is 19.9. The quantitative estimate of drug-likeness (QED) is 0.629. The van der Waals surface area contributed by atoms with Crippen LogP contribution in [0.4, 0.5) is 11.5 Å². The lowest BCUT2D eigenvalue weighted by Gasteiger charge is -2.35. The second-order valence-corrected chi connectivity index (χ2v) is 4.94. The highest BCUT2D eigenvalue weighted by Gasteiger charge is 2.28. The van der Waals surface area contributed by atoms with Crippen LogP contribution in [0.5, 0.6) is 0 Å². The van der Waals surface area contributed by atoms with Crippen LogP contribution in [0.1, 0.15) is 18.9 Å². The van der Waals surface area contributed by atoms with Gasteiger partial charge in [-0.3, -0.25) is 10.1 Å². The monoisotopic (exact) mass is 261 g/mol. The van der Waals surface area contributed by atoms with Crippen LogP contribution in [0.25, 0.3) is 0 Å². The van der Waals surface area contributed by atoms with E-state index in [-0.39, 0.29) is 17.3 Å². The highest BCUT2D eigenvalue weighted by Crippen LogP contribution is 2.29. The van der Waals surface area contributed by atoms with Gasteiger partial charge in [-0.25, -0.2) is 4.98 Å². The van der Waals surface area contributed by atoms with E-state index < -0.39 is 4.92 Å². The molecule has 2 atom stereocenters. The molecule has 100 valence electrons. The molecule has 1 aromatic heterocycles. The molecule has 1 aliphatic rings. The molecule has 19 heavy (non-hydrogen) atoms. The molecule has 1 aromatic rings. The first-order chi connectivity index (χ1) is 9.01. The number of piperidine rings is 1. The van der Waals surface area contributed by atoms with Crippen LogP contribution in [-0.4, -0.2) is 29.0 Å². The summed E-state index contributed by atoms with van der Waals surface area (Å²) in [6.07, 6.45) is 2.26. The number of pyridine rings is 1. The maximum absolute atomic E-state index is 11.1. The Morgan fingerprint density at radius 3 is 2.95 bits per heavy atom. The minimum absolute atomic E-state index is 0.0132. The van der Waals surface area contributed by atoms with Crippen molar-refractivity contribution in [1.29, 1.82) is 5.26 Å². The molecule has 1 fully saturated rings. The highest BCUT2D eigenvalue weighted by molar-refractivity contribution is 5.60. The van der Waals surface area contributed by atoms with E-state index in [1.54, 1.807) is 0 Å². The first kappa shape index (κ1) is 13.2. The van der Waals surface area contributed by atoms with Crippen molar-refractivity contribution in [3.8, 4) is 6.07 Å².